The van der Waals surface area contributed by atoms with Crippen molar-refractivity contribution in [2.75, 3.05) is 26.2 Å². The smallest absolute Gasteiger partial charge is 0.0569 e. The van der Waals surface area contributed by atoms with Crippen LogP contribution in [-0.2, 0) is 0 Å². The van der Waals surface area contributed by atoms with Crippen molar-refractivity contribution in [1.29, 1.82) is 0 Å². The third-order valence-electron chi connectivity index (χ3n) is 4.44. The van der Waals surface area contributed by atoms with E-state index in [4.69, 9.17) is 0 Å². The van der Waals surface area contributed by atoms with Gasteiger partial charge in [0.25, 0.3) is 0 Å². The van der Waals surface area contributed by atoms with Crippen LogP contribution in [0.3, 0.4) is 0 Å². The zero-order chi connectivity index (χ0) is 11.9. The fourth-order valence-electron chi connectivity index (χ4n) is 3.25. The molecule has 2 unspecified atom stereocenters. The standard InChI is InChI=1S/C14H28N2O/c17-14(13-6-9-15-10-7-13)5-1-3-12-4-2-8-16-11-12/h12-17H,1-11H2. The second kappa shape index (κ2) is 7.34. The zero-order valence-corrected chi connectivity index (χ0v) is 11.0. The molecule has 0 aromatic carbocycles. The Labute approximate surface area is 105 Å². The molecular formula is C14H28N2O. The monoisotopic (exact) mass is 240 g/mol. The predicted molar refractivity (Wildman–Crippen MR) is 71.0 cm³/mol. The summed E-state index contributed by atoms with van der Waals surface area (Å²) < 4.78 is 0. The van der Waals surface area contributed by atoms with Gasteiger partial charge in [-0.05, 0) is 76.5 Å². The Hall–Kier alpha value is -0.120. The molecule has 2 aliphatic heterocycles. The van der Waals surface area contributed by atoms with Gasteiger partial charge in [-0.25, -0.2) is 0 Å². The van der Waals surface area contributed by atoms with Gasteiger partial charge in [0, 0.05) is 0 Å². The minimum Gasteiger partial charge on any atom is -0.393 e. The van der Waals surface area contributed by atoms with E-state index in [1.165, 1.54) is 38.8 Å². The van der Waals surface area contributed by atoms with E-state index in [2.05, 4.69) is 10.6 Å². The summed E-state index contributed by atoms with van der Waals surface area (Å²) in [5, 5.41) is 17.0. The van der Waals surface area contributed by atoms with Crippen LogP contribution >= 0.6 is 0 Å². The lowest BCUT2D eigenvalue weighted by atomic mass is 9.87. The van der Waals surface area contributed by atoms with Crippen molar-refractivity contribution < 1.29 is 5.11 Å². The maximum absolute atomic E-state index is 10.2. The lowest BCUT2D eigenvalue weighted by Crippen LogP contribution is -2.34. The number of aliphatic hydroxyl groups excluding tert-OH is 1. The summed E-state index contributed by atoms with van der Waals surface area (Å²) in [6.45, 7) is 4.58. The number of hydrogen-bond acceptors (Lipinski definition) is 3. The molecule has 2 rings (SSSR count). The third-order valence-corrected chi connectivity index (χ3v) is 4.44. The van der Waals surface area contributed by atoms with Gasteiger partial charge in [-0.3, -0.25) is 0 Å². The minimum absolute atomic E-state index is 0.0475. The highest BCUT2D eigenvalue weighted by Crippen LogP contribution is 2.23. The molecule has 100 valence electrons. The Balaban J connectivity index is 1.57. The first-order chi connectivity index (χ1) is 8.36. The maximum Gasteiger partial charge on any atom is 0.0569 e. The molecule has 0 spiro atoms. The predicted octanol–water partition coefficient (Wildman–Crippen LogP) is 1.52. The van der Waals surface area contributed by atoms with Crippen LogP contribution in [0.2, 0.25) is 0 Å². The van der Waals surface area contributed by atoms with E-state index < -0.39 is 0 Å². The average molecular weight is 240 g/mol. The molecule has 3 N–H and O–H groups in total. The Bertz CT molecular complexity index is 198. The van der Waals surface area contributed by atoms with Crippen molar-refractivity contribution in [3.8, 4) is 0 Å². The highest BCUT2D eigenvalue weighted by Gasteiger charge is 2.21. The summed E-state index contributed by atoms with van der Waals surface area (Å²) in [6, 6.07) is 0. The number of piperidine rings is 2. The van der Waals surface area contributed by atoms with Crippen molar-refractivity contribution in [3.63, 3.8) is 0 Å². The minimum atomic E-state index is -0.0475. The molecule has 0 aromatic heterocycles. The van der Waals surface area contributed by atoms with E-state index >= 15 is 0 Å². The van der Waals surface area contributed by atoms with Crippen LogP contribution < -0.4 is 10.6 Å². The molecule has 2 heterocycles. The summed E-state index contributed by atoms with van der Waals surface area (Å²) in [6.07, 6.45) is 8.51. The summed E-state index contributed by atoms with van der Waals surface area (Å²) in [4.78, 5) is 0. The van der Waals surface area contributed by atoms with Gasteiger partial charge in [0.1, 0.15) is 0 Å². The molecule has 2 atom stereocenters. The summed E-state index contributed by atoms with van der Waals surface area (Å²) in [5.74, 6) is 1.42. The van der Waals surface area contributed by atoms with Gasteiger partial charge < -0.3 is 15.7 Å². The van der Waals surface area contributed by atoms with Crippen molar-refractivity contribution in [2.45, 2.75) is 51.0 Å². The van der Waals surface area contributed by atoms with Gasteiger partial charge in [-0.15, -0.1) is 0 Å². The second-order valence-electron chi connectivity index (χ2n) is 5.80. The molecule has 0 saturated carbocycles. The Morgan fingerprint density at radius 3 is 2.59 bits per heavy atom. The highest BCUT2D eigenvalue weighted by atomic mass is 16.3. The fourth-order valence-corrected chi connectivity index (χ4v) is 3.25. The quantitative estimate of drug-likeness (QED) is 0.682. The highest BCUT2D eigenvalue weighted by molar-refractivity contribution is 4.76. The SMILES string of the molecule is OC(CCCC1CCCNC1)C1CCNCC1. The second-order valence-corrected chi connectivity index (χ2v) is 5.80. The molecule has 3 heteroatoms. The first-order valence-corrected chi connectivity index (χ1v) is 7.46. The van der Waals surface area contributed by atoms with E-state index in [1.807, 2.05) is 0 Å². The van der Waals surface area contributed by atoms with Crippen LogP contribution in [0.5, 0.6) is 0 Å². The lowest BCUT2D eigenvalue weighted by molar-refractivity contribution is 0.0771. The fraction of sp³-hybridized carbons (Fsp3) is 1.00. The first kappa shape index (κ1) is 13.3. The average Bonchev–Trinajstić information content (AvgIpc) is 2.41. The molecule has 17 heavy (non-hydrogen) atoms. The van der Waals surface area contributed by atoms with Gasteiger partial charge in [-0.2, -0.15) is 0 Å². The van der Waals surface area contributed by atoms with Crippen molar-refractivity contribution in [1.82, 2.24) is 10.6 Å². The normalized spacial score (nSPS) is 29.1. The van der Waals surface area contributed by atoms with Crippen LogP contribution in [0.25, 0.3) is 0 Å². The maximum atomic E-state index is 10.2. The van der Waals surface area contributed by atoms with Crippen LogP contribution in [0.1, 0.15) is 44.9 Å². The van der Waals surface area contributed by atoms with Crippen LogP contribution in [0.15, 0.2) is 0 Å². The first-order valence-electron chi connectivity index (χ1n) is 7.46. The summed E-state index contributed by atoms with van der Waals surface area (Å²) in [5.41, 5.74) is 0. The zero-order valence-electron chi connectivity index (χ0n) is 11.0. The molecule has 2 fully saturated rings. The number of nitrogens with one attached hydrogen (secondary N) is 2. The van der Waals surface area contributed by atoms with Gasteiger partial charge >= 0.3 is 0 Å². The number of rotatable bonds is 5. The summed E-state index contributed by atoms with van der Waals surface area (Å²) in [7, 11) is 0. The Morgan fingerprint density at radius 1 is 1.06 bits per heavy atom. The molecule has 2 aliphatic rings. The van der Waals surface area contributed by atoms with E-state index in [9.17, 15) is 5.11 Å². The molecule has 2 saturated heterocycles. The third kappa shape index (κ3) is 4.57. The molecule has 0 aromatic rings. The molecule has 0 amide bonds. The van der Waals surface area contributed by atoms with Crippen LogP contribution in [0.4, 0.5) is 0 Å². The molecule has 0 aliphatic carbocycles. The van der Waals surface area contributed by atoms with Gasteiger partial charge in [0.15, 0.2) is 0 Å². The van der Waals surface area contributed by atoms with Crippen molar-refractivity contribution in [2.24, 2.45) is 11.8 Å². The molecule has 0 bridgehead atoms. The summed E-state index contributed by atoms with van der Waals surface area (Å²) >= 11 is 0. The molecular weight excluding hydrogens is 212 g/mol. The number of hydrogen-bond donors (Lipinski definition) is 3. The van der Waals surface area contributed by atoms with E-state index in [1.54, 1.807) is 0 Å². The van der Waals surface area contributed by atoms with E-state index in [0.717, 1.165) is 38.3 Å². The Kier molecular flexibility index (Phi) is 5.75. The Morgan fingerprint density at radius 2 is 1.88 bits per heavy atom. The van der Waals surface area contributed by atoms with Gasteiger partial charge in [0.2, 0.25) is 0 Å². The lowest BCUT2D eigenvalue weighted by Gasteiger charge is -2.28. The van der Waals surface area contributed by atoms with Gasteiger partial charge in [-0.1, -0.05) is 6.42 Å². The molecule has 3 nitrogen and oxygen atoms in total. The van der Waals surface area contributed by atoms with Crippen LogP contribution in [0, 0.1) is 11.8 Å². The van der Waals surface area contributed by atoms with E-state index in [-0.39, 0.29) is 6.10 Å². The topological polar surface area (TPSA) is 44.3 Å². The van der Waals surface area contributed by atoms with E-state index in [0.29, 0.717) is 5.92 Å². The van der Waals surface area contributed by atoms with Crippen LogP contribution in [-0.4, -0.2) is 37.4 Å². The van der Waals surface area contributed by atoms with Crippen molar-refractivity contribution >= 4 is 0 Å². The van der Waals surface area contributed by atoms with Gasteiger partial charge in [0.05, 0.1) is 6.10 Å². The largest absolute Gasteiger partial charge is 0.393 e. The number of aliphatic hydroxyl groups is 1. The van der Waals surface area contributed by atoms with Crippen molar-refractivity contribution in [3.05, 3.63) is 0 Å². The molecule has 0 radical (unpaired) electrons.